The molecule has 0 aromatic heterocycles. The molecular weight excluding hydrogens is 523 g/mol. The fourth-order valence-electron chi connectivity index (χ4n) is 3.73. The molecule has 0 spiro atoms. The number of azo groups is 1. The molecule has 0 unspecified atom stereocenters. The molecule has 3 aromatic carbocycles. The maximum absolute atomic E-state index is 12.7. The number of esters is 1. The molecule has 0 aliphatic carbocycles. The number of hydrogen-bond acceptors (Lipinski definition) is 6. The quantitative estimate of drug-likeness (QED) is 0.0807. The van der Waals surface area contributed by atoms with Gasteiger partial charge in [0.15, 0.2) is 5.75 Å². The van der Waals surface area contributed by atoms with Crippen LogP contribution in [-0.4, -0.2) is 19.7 Å². The zero-order valence-corrected chi connectivity index (χ0v) is 23.4. The molecule has 0 saturated carbocycles. The molecule has 8 heteroatoms. The van der Waals surface area contributed by atoms with Crippen molar-refractivity contribution in [2.75, 3.05) is 13.7 Å². The number of methoxy groups -OCH3 is 1. The van der Waals surface area contributed by atoms with Crippen LogP contribution in [0.1, 0.15) is 68.6 Å². The van der Waals surface area contributed by atoms with E-state index in [-0.39, 0.29) is 15.8 Å². The van der Waals surface area contributed by atoms with E-state index in [0.29, 0.717) is 29.3 Å². The molecule has 3 rings (SSSR count). The SMILES string of the molecule is CCCCCCCCCCOc1ccc(C(=O)Oc2c(Cl)cc(N=Nc3ccc(OC)cc3)cc2Cl)cc1. The number of hydrogen-bond donors (Lipinski definition) is 0. The second-order valence-electron chi connectivity index (χ2n) is 8.87. The third-order valence-electron chi connectivity index (χ3n) is 5.89. The first kappa shape index (κ1) is 29.5. The highest BCUT2D eigenvalue weighted by Crippen LogP contribution is 2.38. The highest BCUT2D eigenvalue weighted by Gasteiger charge is 2.16. The van der Waals surface area contributed by atoms with Crippen molar-refractivity contribution in [2.24, 2.45) is 10.2 Å². The molecule has 0 radical (unpaired) electrons. The Morgan fingerprint density at radius 2 is 1.29 bits per heavy atom. The number of ether oxygens (including phenoxy) is 3. The lowest BCUT2D eigenvalue weighted by Gasteiger charge is -2.10. The topological polar surface area (TPSA) is 69.5 Å². The van der Waals surface area contributed by atoms with Gasteiger partial charge in [0, 0.05) is 0 Å². The van der Waals surface area contributed by atoms with Gasteiger partial charge in [-0.1, -0.05) is 75.1 Å². The molecule has 3 aromatic rings. The molecule has 0 bridgehead atoms. The number of carbonyl (C=O) groups is 1. The van der Waals surface area contributed by atoms with Gasteiger partial charge in [-0.15, -0.1) is 0 Å². The van der Waals surface area contributed by atoms with E-state index in [2.05, 4.69) is 17.2 Å². The first-order valence-electron chi connectivity index (χ1n) is 13.0. The fraction of sp³-hybridized carbons (Fsp3) is 0.367. The summed E-state index contributed by atoms with van der Waals surface area (Å²) in [5.41, 5.74) is 1.42. The van der Waals surface area contributed by atoms with E-state index in [1.807, 2.05) is 0 Å². The summed E-state index contributed by atoms with van der Waals surface area (Å²) >= 11 is 12.7. The minimum absolute atomic E-state index is 0.0664. The van der Waals surface area contributed by atoms with Gasteiger partial charge >= 0.3 is 5.97 Å². The molecule has 0 aliphatic heterocycles. The van der Waals surface area contributed by atoms with Crippen LogP contribution in [-0.2, 0) is 0 Å². The Labute approximate surface area is 234 Å². The largest absolute Gasteiger partial charge is 0.497 e. The number of halogens is 2. The zero-order chi connectivity index (χ0) is 27.2. The average Bonchev–Trinajstić information content (AvgIpc) is 2.93. The summed E-state index contributed by atoms with van der Waals surface area (Å²) in [6, 6.07) is 17.0. The van der Waals surface area contributed by atoms with Gasteiger partial charge < -0.3 is 14.2 Å². The molecule has 0 saturated heterocycles. The van der Waals surface area contributed by atoms with E-state index in [1.165, 1.54) is 57.1 Å². The minimum Gasteiger partial charge on any atom is -0.497 e. The number of nitrogens with zero attached hydrogens (tertiary/aromatic N) is 2. The van der Waals surface area contributed by atoms with Crippen LogP contribution in [0, 0.1) is 0 Å². The van der Waals surface area contributed by atoms with Gasteiger partial charge in [-0.3, -0.25) is 0 Å². The monoisotopic (exact) mass is 556 g/mol. The van der Waals surface area contributed by atoms with Crippen LogP contribution in [0.4, 0.5) is 11.4 Å². The first-order chi connectivity index (χ1) is 18.5. The molecule has 38 heavy (non-hydrogen) atoms. The van der Waals surface area contributed by atoms with Crippen LogP contribution in [0.25, 0.3) is 0 Å². The van der Waals surface area contributed by atoms with Crippen LogP contribution >= 0.6 is 23.2 Å². The number of benzene rings is 3. The fourth-order valence-corrected chi connectivity index (χ4v) is 4.28. The molecule has 0 amide bonds. The lowest BCUT2D eigenvalue weighted by atomic mass is 10.1. The molecule has 0 N–H and O–H groups in total. The predicted octanol–water partition coefficient (Wildman–Crippen LogP) is 10.2. The Bertz CT molecular complexity index is 1160. The van der Waals surface area contributed by atoms with Gasteiger partial charge in [-0.05, 0) is 67.1 Å². The van der Waals surface area contributed by atoms with Gasteiger partial charge in [0.05, 0.1) is 40.7 Å². The maximum Gasteiger partial charge on any atom is 0.343 e. The third kappa shape index (κ3) is 9.66. The lowest BCUT2D eigenvalue weighted by molar-refractivity contribution is 0.0735. The van der Waals surface area contributed by atoms with Gasteiger partial charge in [0.2, 0.25) is 0 Å². The van der Waals surface area contributed by atoms with Crippen LogP contribution < -0.4 is 14.2 Å². The third-order valence-corrected chi connectivity index (χ3v) is 6.45. The Morgan fingerprint density at radius 3 is 1.89 bits per heavy atom. The van der Waals surface area contributed by atoms with Crippen LogP contribution in [0.15, 0.2) is 70.9 Å². The highest BCUT2D eigenvalue weighted by atomic mass is 35.5. The van der Waals surface area contributed by atoms with Gasteiger partial charge in [0.1, 0.15) is 11.5 Å². The predicted molar refractivity (Wildman–Crippen MR) is 153 cm³/mol. The van der Waals surface area contributed by atoms with E-state index in [4.69, 9.17) is 37.4 Å². The molecule has 0 atom stereocenters. The summed E-state index contributed by atoms with van der Waals surface area (Å²) in [6.07, 6.45) is 9.99. The highest BCUT2D eigenvalue weighted by molar-refractivity contribution is 6.37. The molecular formula is C30H34Cl2N2O4. The molecule has 0 aliphatic rings. The second-order valence-corrected chi connectivity index (χ2v) is 9.69. The maximum atomic E-state index is 12.7. The number of carbonyl (C=O) groups excluding carboxylic acids is 1. The van der Waals surface area contributed by atoms with Crippen LogP contribution in [0.5, 0.6) is 17.2 Å². The molecule has 0 fully saturated rings. The van der Waals surface area contributed by atoms with E-state index in [9.17, 15) is 4.79 Å². The van der Waals surface area contributed by atoms with Crippen molar-refractivity contribution < 1.29 is 19.0 Å². The van der Waals surface area contributed by atoms with Crippen molar-refractivity contribution in [3.05, 3.63) is 76.3 Å². The molecule has 202 valence electrons. The van der Waals surface area contributed by atoms with Crippen LogP contribution in [0.2, 0.25) is 10.0 Å². The van der Waals surface area contributed by atoms with Crippen molar-refractivity contribution in [1.29, 1.82) is 0 Å². The summed E-state index contributed by atoms with van der Waals surface area (Å²) in [7, 11) is 1.59. The van der Waals surface area contributed by atoms with E-state index < -0.39 is 5.97 Å². The van der Waals surface area contributed by atoms with Gasteiger partial charge in [-0.25, -0.2) is 4.79 Å². The van der Waals surface area contributed by atoms with Crippen molar-refractivity contribution in [3.8, 4) is 17.2 Å². The summed E-state index contributed by atoms with van der Waals surface area (Å²) in [5.74, 6) is 0.932. The first-order valence-corrected chi connectivity index (χ1v) is 13.8. The number of rotatable bonds is 15. The smallest absolute Gasteiger partial charge is 0.343 e. The normalized spacial score (nSPS) is 11.1. The van der Waals surface area contributed by atoms with Crippen molar-refractivity contribution >= 4 is 40.5 Å². The Morgan fingerprint density at radius 1 is 0.737 bits per heavy atom. The number of unbranched alkanes of at least 4 members (excludes halogenated alkanes) is 7. The standard InChI is InChI=1S/C30H34Cl2N2O4/c1-3-4-5-6-7-8-9-10-19-37-26-15-11-22(12-16-26)30(35)38-29-27(31)20-24(21-28(29)32)34-33-23-13-17-25(36-2)18-14-23/h11-18,20-21H,3-10,19H2,1-2H3. The summed E-state index contributed by atoms with van der Waals surface area (Å²) in [5, 5.41) is 8.63. The molecule has 0 heterocycles. The Balaban J connectivity index is 1.48. The average molecular weight is 558 g/mol. The van der Waals surface area contributed by atoms with Crippen molar-refractivity contribution in [2.45, 2.75) is 58.3 Å². The second kappa shape index (κ2) is 16.0. The van der Waals surface area contributed by atoms with E-state index >= 15 is 0 Å². The Kier molecular flexibility index (Phi) is 12.4. The Hall–Kier alpha value is -3.09. The van der Waals surface area contributed by atoms with E-state index in [0.717, 1.165) is 12.2 Å². The minimum atomic E-state index is -0.573. The zero-order valence-electron chi connectivity index (χ0n) is 21.9. The van der Waals surface area contributed by atoms with E-state index in [1.54, 1.807) is 55.6 Å². The lowest BCUT2D eigenvalue weighted by Crippen LogP contribution is -2.09. The van der Waals surface area contributed by atoms with Gasteiger partial charge in [0.25, 0.3) is 0 Å². The van der Waals surface area contributed by atoms with Crippen molar-refractivity contribution in [1.82, 2.24) is 0 Å². The van der Waals surface area contributed by atoms with Crippen molar-refractivity contribution in [3.63, 3.8) is 0 Å². The van der Waals surface area contributed by atoms with Gasteiger partial charge in [-0.2, -0.15) is 10.2 Å². The molecule has 6 nitrogen and oxygen atoms in total. The summed E-state index contributed by atoms with van der Waals surface area (Å²) in [4.78, 5) is 12.7. The summed E-state index contributed by atoms with van der Waals surface area (Å²) < 4.78 is 16.4. The van der Waals surface area contributed by atoms with Crippen LogP contribution in [0.3, 0.4) is 0 Å². The summed E-state index contributed by atoms with van der Waals surface area (Å²) in [6.45, 7) is 2.89.